The van der Waals surface area contributed by atoms with Gasteiger partial charge in [-0.15, -0.1) is 0 Å². The fourth-order valence-corrected chi connectivity index (χ4v) is 1.85. The lowest BCUT2D eigenvalue weighted by Gasteiger charge is -2.25. The Bertz CT molecular complexity index is 259. The minimum Gasteiger partial charge on any atom is -0.480 e. The molecule has 0 spiro atoms. The van der Waals surface area contributed by atoms with Gasteiger partial charge in [0.05, 0.1) is 0 Å². The van der Waals surface area contributed by atoms with Gasteiger partial charge in [-0.3, -0.25) is 4.79 Å². The summed E-state index contributed by atoms with van der Waals surface area (Å²) in [6.07, 6.45) is 4.15. The van der Waals surface area contributed by atoms with E-state index >= 15 is 0 Å². The standard InChI is InChI=1S/C10H18N2O3/c1-7(8(13)14)11-9(15)12-10(2)5-3-4-6-10/h7H,3-6H2,1-2H3,(H,13,14)(H2,11,12,15)/t7-/m1/s1. The Labute approximate surface area is 89.2 Å². The predicted molar refractivity (Wildman–Crippen MR) is 55.6 cm³/mol. The first kappa shape index (κ1) is 11.8. The molecular formula is C10H18N2O3. The van der Waals surface area contributed by atoms with Crippen molar-refractivity contribution in [2.75, 3.05) is 0 Å². The molecule has 1 aliphatic carbocycles. The number of rotatable bonds is 3. The van der Waals surface area contributed by atoms with Crippen molar-refractivity contribution in [3.8, 4) is 0 Å². The molecule has 0 unspecified atom stereocenters. The Morgan fingerprint density at radius 3 is 2.33 bits per heavy atom. The minimum absolute atomic E-state index is 0.164. The molecule has 0 bridgehead atoms. The van der Waals surface area contributed by atoms with Gasteiger partial charge in [-0.25, -0.2) is 4.79 Å². The van der Waals surface area contributed by atoms with Crippen LogP contribution in [0.3, 0.4) is 0 Å². The zero-order valence-electron chi connectivity index (χ0n) is 9.17. The Morgan fingerprint density at radius 2 is 1.87 bits per heavy atom. The molecule has 0 radical (unpaired) electrons. The van der Waals surface area contributed by atoms with Crippen LogP contribution < -0.4 is 10.6 Å². The summed E-state index contributed by atoms with van der Waals surface area (Å²) in [5.74, 6) is -1.03. The number of hydrogen-bond donors (Lipinski definition) is 3. The van der Waals surface area contributed by atoms with E-state index in [-0.39, 0.29) is 5.54 Å². The monoisotopic (exact) mass is 214 g/mol. The molecule has 0 aliphatic heterocycles. The molecule has 0 saturated heterocycles. The maximum Gasteiger partial charge on any atom is 0.325 e. The molecule has 1 saturated carbocycles. The normalized spacial score (nSPS) is 20.7. The van der Waals surface area contributed by atoms with Crippen LogP contribution in [-0.4, -0.2) is 28.7 Å². The van der Waals surface area contributed by atoms with E-state index in [4.69, 9.17) is 5.11 Å². The molecule has 1 aliphatic rings. The summed E-state index contributed by atoms with van der Waals surface area (Å²) >= 11 is 0. The van der Waals surface area contributed by atoms with E-state index < -0.39 is 18.0 Å². The second-order valence-corrected chi connectivity index (χ2v) is 4.43. The molecule has 3 N–H and O–H groups in total. The molecule has 0 aromatic heterocycles. The highest BCUT2D eigenvalue weighted by molar-refractivity contribution is 5.82. The van der Waals surface area contributed by atoms with E-state index in [2.05, 4.69) is 10.6 Å². The number of carbonyl (C=O) groups excluding carboxylic acids is 1. The number of nitrogens with one attached hydrogen (secondary N) is 2. The van der Waals surface area contributed by atoms with Crippen LogP contribution in [0, 0.1) is 0 Å². The highest BCUT2D eigenvalue weighted by Gasteiger charge is 2.30. The topological polar surface area (TPSA) is 78.4 Å². The lowest BCUT2D eigenvalue weighted by Crippen LogP contribution is -2.52. The van der Waals surface area contributed by atoms with Gasteiger partial charge in [-0.2, -0.15) is 0 Å². The first-order valence-corrected chi connectivity index (χ1v) is 5.24. The number of carboxylic acid groups (broad SMARTS) is 1. The van der Waals surface area contributed by atoms with E-state index in [1.807, 2.05) is 6.92 Å². The van der Waals surface area contributed by atoms with Gasteiger partial charge in [0.1, 0.15) is 6.04 Å². The van der Waals surface area contributed by atoms with Gasteiger partial charge in [0, 0.05) is 5.54 Å². The second-order valence-electron chi connectivity index (χ2n) is 4.43. The van der Waals surface area contributed by atoms with Gasteiger partial charge in [-0.1, -0.05) is 12.8 Å². The number of hydrogen-bond acceptors (Lipinski definition) is 2. The molecule has 5 nitrogen and oxygen atoms in total. The summed E-state index contributed by atoms with van der Waals surface area (Å²) in [6, 6.07) is -1.25. The first-order chi connectivity index (χ1) is 6.93. The van der Waals surface area contributed by atoms with Crippen molar-refractivity contribution in [1.29, 1.82) is 0 Å². The second kappa shape index (κ2) is 4.51. The summed E-state index contributed by atoms with van der Waals surface area (Å²) in [7, 11) is 0. The van der Waals surface area contributed by atoms with Crippen molar-refractivity contribution in [1.82, 2.24) is 10.6 Å². The van der Waals surface area contributed by atoms with Crippen LogP contribution in [0.1, 0.15) is 39.5 Å². The van der Waals surface area contributed by atoms with Crippen LogP contribution in [0.2, 0.25) is 0 Å². The zero-order valence-corrected chi connectivity index (χ0v) is 9.17. The maximum absolute atomic E-state index is 11.4. The van der Waals surface area contributed by atoms with Crippen LogP contribution in [0.25, 0.3) is 0 Å². The van der Waals surface area contributed by atoms with E-state index in [9.17, 15) is 9.59 Å². The molecule has 15 heavy (non-hydrogen) atoms. The third kappa shape index (κ3) is 3.42. The average Bonchev–Trinajstić information content (AvgIpc) is 2.50. The average molecular weight is 214 g/mol. The fourth-order valence-electron chi connectivity index (χ4n) is 1.85. The number of amides is 2. The highest BCUT2D eigenvalue weighted by Crippen LogP contribution is 2.28. The minimum atomic E-state index is -1.03. The summed E-state index contributed by atoms with van der Waals surface area (Å²) in [6.45, 7) is 3.43. The Hall–Kier alpha value is -1.26. The quantitative estimate of drug-likeness (QED) is 0.658. The summed E-state index contributed by atoms with van der Waals surface area (Å²) in [5, 5.41) is 13.8. The highest BCUT2D eigenvalue weighted by atomic mass is 16.4. The number of urea groups is 1. The number of carbonyl (C=O) groups is 2. The molecule has 0 aromatic rings. The molecule has 1 fully saturated rings. The molecule has 1 atom stereocenters. The summed E-state index contributed by atoms with van der Waals surface area (Å²) in [4.78, 5) is 21.9. The van der Waals surface area contributed by atoms with Crippen molar-refractivity contribution >= 4 is 12.0 Å². The molecule has 0 heterocycles. The third-order valence-corrected chi connectivity index (χ3v) is 2.84. The van der Waals surface area contributed by atoms with E-state index in [0.29, 0.717) is 0 Å². The Kier molecular flexibility index (Phi) is 3.55. The van der Waals surface area contributed by atoms with Gasteiger partial charge in [-0.05, 0) is 26.7 Å². The van der Waals surface area contributed by atoms with Gasteiger partial charge in [0.25, 0.3) is 0 Å². The molecule has 5 heteroatoms. The van der Waals surface area contributed by atoms with Crippen molar-refractivity contribution in [3.05, 3.63) is 0 Å². The van der Waals surface area contributed by atoms with Crippen LogP contribution in [0.5, 0.6) is 0 Å². The largest absolute Gasteiger partial charge is 0.480 e. The summed E-state index contributed by atoms with van der Waals surface area (Å²) in [5.41, 5.74) is -0.164. The Balaban J connectivity index is 2.38. The molecule has 2 amide bonds. The Morgan fingerprint density at radius 1 is 1.33 bits per heavy atom. The molecule has 1 rings (SSSR count). The van der Waals surface area contributed by atoms with Crippen molar-refractivity contribution in [2.24, 2.45) is 0 Å². The van der Waals surface area contributed by atoms with Crippen molar-refractivity contribution in [2.45, 2.75) is 51.1 Å². The number of carboxylic acids is 1. The maximum atomic E-state index is 11.4. The molecular weight excluding hydrogens is 196 g/mol. The fraction of sp³-hybridized carbons (Fsp3) is 0.800. The first-order valence-electron chi connectivity index (χ1n) is 5.24. The van der Waals surface area contributed by atoms with Crippen LogP contribution in [0.15, 0.2) is 0 Å². The van der Waals surface area contributed by atoms with Crippen molar-refractivity contribution in [3.63, 3.8) is 0 Å². The zero-order chi connectivity index (χ0) is 11.5. The number of aliphatic carboxylic acids is 1. The SMILES string of the molecule is C[C@@H](NC(=O)NC1(C)CCCC1)C(=O)O. The molecule has 86 valence electrons. The lowest BCUT2D eigenvalue weighted by molar-refractivity contribution is -0.138. The third-order valence-electron chi connectivity index (χ3n) is 2.84. The predicted octanol–water partition coefficient (Wildman–Crippen LogP) is 1.09. The molecule has 0 aromatic carbocycles. The summed E-state index contributed by atoms with van der Waals surface area (Å²) < 4.78 is 0. The lowest BCUT2D eigenvalue weighted by atomic mass is 10.0. The van der Waals surface area contributed by atoms with E-state index in [1.165, 1.54) is 6.92 Å². The van der Waals surface area contributed by atoms with Crippen LogP contribution in [-0.2, 0) is 4.79 Å². The van der Waals surface area contributed by atoms with Gasteiger partial charge in [0.15, 0.2) is 0 Å². The van der Waals surface area contributed by atoms with Gasteiger partial charge in [0.2, 0.25) is 0 Å². The smallest absolute Gasteiger partial charge is 0.325 e. The van der Waals surface area contributed by atoms with Crippen molar-refractivity contribution < 1.29 is 14.7 Å². The van der Waals surface area contributed by atoms with E-state index in [0.717, 1.165) is 25.7 Å². The van der Waals surface area contributed by atoms with Gasteiger partial charge >= 0.3 is 12.0 Å². The van der Waals surface area contributed by atoms with E-state index in [1.54, 1.807) is 0 Å². The van der Waals surface area contributed by atoms with Gasteiger partial charge < -0.3 is 15.7 Å². The van der Waals surface area contributed by atoms with Crippen LogP contribution >= 0.6 is 0 Å². The van der Waals surface area contributed by atoms with Crippen LogP contribution in [0.4, 0.5) is 4.79 Å².